The molecule has 3 aromatic rings. The van der Waals surface area contributed by atoms with Crippen molar-refractivity contribution in [2.24, 2.45) is 0 Å². The standard InChI is InChI=1S/C29H30ClN3O2S/c30-25-13-11-24(12-14-25)16-19-32(29(36)31-18-15-22-7-3-1-4-8-22)26-21-27(34)33(28(26)35)20-17-23-9-5-2-6-10-23/h1-14,26H,15-21H2,(H,31,36). The second kappa shape index (κ2) is 12.7. The largest absolute Gasteiger partial charge is 0.362 e. The summed E-state index contributed by atoms with van der Waals surface area (Å²) in [6, 6.07) is 27.1. The highest BCUT2D eigenvalue weighted by molar-refractivity contribution is 7.80. The van der Waals surface area contributed by atoms with E-state index in [0.717, 1.165) is 17.5 Å². The molecule has 0 aliphatic carbocycles. The Hall–Kier alpha value is -3.22. The van der Waals surface area contributed by atoms with E-state index in [4.69, 9.17) is 23.8 Å². The summed E-state index contributed by atoms with van der Waals surface area (Å²) in [5.74, 6) is -0.330. The first-order chi connectivity index (χ1) is 17.5. The lowest BCUT2D eigenvalue weighted by Gasteiger charge is -2.30. The van der Waals surface area contributed by atoms with Crippen molar-refractivity contribution in [1.29, 1.82) is 0 Å². The van der Waals surface area contributed by atoms with E-state index in [0.29, 0.717) is 42.6 Å². The Morgan fingerprint density at radius 2 is 1.44 bits per heavy atom. The van der Waals surface area contributed by atoms with Crippen molar-refractivity contribution in [3.05, 3.63) is 107 Å². The molecule has 5 nitrogen and oxygen atoms in total. The van der Waals surface area contributed by atoms with Crippen molar-refractivity contribution < 1.29 is 9.59 Å². The number of carbonyl (C=O) groups is 2. The fraction of sp³-hybridized carbons (Fsp3) is 0.276. The maximum absolute atomic E-state index is 13.4. The lowest BCUT2D eigenvalue weighted by atomic mass is 10.1. The molecule has 1 unspecified atom stereocenters. The van der Waals surface area contributed by atoms with Crippen LogP contribution in [0.15, 0.2) is 84.9 Å². The topological polar surface area (TPSA) is 52.7 Å². The Bertz CT molecular complexity index is 1170. The summed E-state index contributed by atoms with van der Waals surface area (Å²) in [4.78, 5) is 29.5. The van der Waals surface area contributed by atoms with Gasteiger partial charge in [0.15, 0.2) is 5.11 Å². The summed E-state index contributed by atoms with van der Waals surface area (Å²) in [5.41, 5.74) is 3.40. The van der Waals surface area contributed by atoms with Crippen LogP contribution >= 0.6 is 23.8 Å². The molecule has 1 fully saturated rings. The van der Waals surface area contributed by atoms with E-state index in [-0.39, 0.29) is 18.2 Å². The number of carbonyl (C=O) groups excluding carboxylic acids is 2. The summed E-state index contributed by atoms with van der Waals surface area (Å²) in [7, 11) is 0. The van der Waals surface area contributed by atoms with Crippen LogP contribution in [-0.4, -0.2) is 52.4 Å². The maximum Gasteiger partial charge on any atom is 0.252 e. The number of rotatable bonds is 10. The highest BCUT2D eigenvalue weighted by atomic mass is 35.5. The molecule has 1 N–H and O–H groups in total. The van der Waals surface area contributed by atoms with Crippen LogP contribution in [0, 0.1) is 0 Å². The van der Waals surface area contributed by atoms with E-state index < -0.39 is 6.04 Å². The fourth-order valence-corrected chi connectivity index (χ4v) is 4.84. The Balaban J connectivity index is 1.43. The highest BCUT2D eigenvalue weighted by Gasteiger charge is 2.42. The third-order valence-electron chi connectivity index (χ3n) is 6.41. The summed E-state index contributed by atoms with van der Waals surface area (Å²) in [6.07, 6.45) is 2.26. The quantitative estimate of drug-likeness (QED) is 0.311. The second-order valence-electron chi connectivity index (χ2n) is 8.88. The molecule has 1 aliphatic heterocycles. The molecule has 0 radical (unpaired) electrons. The predicted molar refractivity (Wildman–Crippen MR) is 148 cm³/mol. The monoisotopic (exact) mass is 519 g/mol. The van der Waals surface area contributed by atoms with E-state index in [2.05, 4.69) is 17.4 Å². The number of likely N-dealkylation sites (tertiary alicyclic amines) is 1. The van der Waals surface area contributed by atoms with Gasteiger partial charge in [-0.05, 0) is 60.3 Å². The molecule has 1 aliphatic rings. The van der Waals surface area contributed by atoms with Gasteiger partial charge in [-0.3, -0.25) is 14.5 Å². The number of thiocarbonyl (C=S) groups is 1. The van der Waals surface area contributed by atoms with Gasteiger partial charge in [-0.25, -0.2) is 0 Å². The molecule has 0 spiro atoms. The lowest BCUT2D eigenvalue weighted by molar-refractivity contribution is -0.139. The smallest absolute Gasteiger partial charge is 0.252 e. The van der Waals surface area contributed by atoms with Gasteiger partial charge >= 0.3 is 0 Å². The summed E-state index contributed by atoms with van der Waals surface area (Å²) < 4.78 is 0. The number of nitrogens with one attached hydrogen (secondary N) is 1. The first-order valence-corrected chi connectivity index (χ1v) is 13.0. The number of amides is 2. The minimum Gasteiger partial charge on any atom is -0.362 e. The van der Waals surface area contributed by atoms with Crippen molar-refractivity contribution in [2.45, 2.75) is 31.7 Å². The minimum atomic E-state index is -0.600. The summed E-state index contributed by atoms with van der Waals surface area (Å²) in [6.45, 7) is 1.54. The number of imide groups is 1. The third kappa shape index (κ3) is 6.93. The van der Waals surface area contributed by atoms with Crippen molar-refractivity contribution in [3.8, 4) is 0 Å². The van der Waals surface area contributed by atoms with Crippen molar-refractivity contribution in [2.75, 3.05) is 19.6 Å². The highest BCUT2D eigenvalue weighted by Crippen LogP contribution is 2.21. The van der Waals surface area contributed by atoms with Crippen LogP contribution in [-0.2, 0) is 28.9 Å². The Labute approximate surface area is 223 Å². The molecular weight excluding hydrogens is 490 g/mol. The second-order valence-corrected chi connectivity index (χ2v) is 9.70. The normalized spacial score (nSPS) is 15.2. The van der Waals surface area contributed by atoms with Gasteiger partial charge in [-0.1, -0.05) is 84.4 Å². The van der Waals surface area contributed by atoms with Gasteiger partial charge in [0.1, 0.15) is 6.04 Å². The van der Waals surface area contributed by atoms with Crippen LogP contribution in [0.4, 0.5) is 0 Å². The van der Waals surface area contributed by atoms with Crippen LogP contribution in [0.2, 0.25) is 5.02 Å². The first kappa shape index (κ1) is 25.9. The molecule has 1 heterocycles. The van der Waals surface area contributed by atoms with E-state index in [9.17, 15) is 9.59 Å². The molecular formula is C29H30ClN3O2S. The van der Waals surface area contributed by atoms with Crippen molar-refractivity contribution in [1.82, 2.24) is 15.1 Å². The first-order valence-electron chi connectivity index (χ1n) is 12.2. The molecule has 4 rings (SSSR count). The molecule has 3 aromatic carbocycles. The maximum atomic E-state index is 13.4. The number of hydrogen-bond donors (Lipinski definition) is 1. The molecule has 1 saturated heterocycles. The van der Waals surface area contributed by atoms with Gasteiger partial charge in [0.05, 0.1) is 6.42 Å². The fourth-order valence-electron chi connectivity index (χ4n) is 4.39. The van der Waals surface area contributed by atoms with Gasteiger partial charge in [0.25, 0.3) is 5.91 Å². The Morgan fingerprint density at radius 1 is 0.861 bits per heavy atom. The number of hydrogen-bond acceptors (Lipinski definition) is 3. The molecule has 186 valence electrons. The van der Waals surface area contributed by atoms with Gasteiger partial charge in [0, 0.05) is 24.7 Å². The molecule has 7 heteroatoms. The SMILES string of the molecule is O=C1CC(N(CCc2ccc(Cl)cc2)C(=S)NCCc2ccccc2)C(=O)N1CCc1ccccc1. The molecule has 36 heavy (non-hydrogen) atoms. The third-order valence-corrected chi connectivity index (χ3v) is 7.04. The Kier molecular flexibility index (Phi) is 9.09. The van der Waals surface area contributed by atoms with E-state index in [1.54, 1.807) is 0 Å². The average molecular weight is 520 g/mol. The zero-order valence-electron chi connectivity index (χ0n) is 20.1. The Morgan fingerprint density at radius 3 is 2.08 bits per heavy atom. The molecule has 0 aromatic heterocycles. The molecule has 1 atom stereocenters. The van der Waals surface area contributed by atoms with Crippen LogP contribution in [0.25, 0.3) is 0 Å². The van der Waals surface area contributed by atoms with Crippen molar-refractivity contribution >= 4 is 40.7 Å². The van der Waals surface area contributed by atoms with E-state index in [1.807, 2.05) is 77.7 Å². The van der Waals surface area contributed by atoms with Gasteiger partial charge in [0.2, 0.25) is 5.91 Å². The summed E-state index contributed by atoms with van der Waals surface area (Å²) in [5, 5.41) is 4.49. The van der Waals surface area contributed by atoms with Gasteiger partial charge in [-0.2, -0.15) is 0 Å². The van der Waals surface area contributed by atoms with Crippen LogP contribution < -0.4 is 5.32 Å². The molecule has 0 saturated carbocycles. The van der Waals surface area contributed by atoms with Crippen LogP contribution in [0.3, 0.4) is 0 Å². The van der Waals surface area contributed by atoms with Crippen molar-refractivity contribution in [3.63, 3.8) is 0 Å². The molecule has 2 amide bonds. The predicted octanol–water partition coefficient (Wildman–Crippen LogP) is 4.67. The van der Waals surface area contributed by atoms with E-state index in [1.165, 1.54) is 10.5 Å². The number of halogens is 1. The van der Waals surface area contributed by atoms with Crippen LogP contribution in [0.1, 0.15) is 23.1 Å². The van der Waals surface area contributed by atoms with Crippen LogP contribution in [0.5, 0.6) is 0 Å². The number of benzene rings is 3. The van der Waals surface area contributed by atoms with Gasteiger partial charge in [-0.15, -0.1) is 0 Å². The van der Waals surface area contributed by atoms with Gasteiger partial charge < -0.3 is 10.2 Å². The number of nitrogens with zero attached hydrogens (tertiary/aromatic N) is 2. The average Bonchev–Trinajstić information content (AvgIpc) is 3.18. The zero-order chi connectivity index (χ0) is 25.3. The minimum absolute atomic E-state index is 0.134. The lowest BCUT2D eigenvalue weighted by Crippen LogP contribution is -2.50. The zero-order valence-corrected chi connectivity index (χ0v) is 21.7. The summed E-state index contributed by atoms with van der Waals surface area (Å²) >= 11 is 11.8. The van der Waals surface area contributed by atoms with E-state index >= 15 is 0 Å². The molecule has 0 bridgehead atoms.